The van der Waals surface area contributed by atoms with Crippen molar-refractivity contribution in [1.29, 1.82) is 0 Å². The number of anilines is 2. The molecule has 0 saturated heterocycles. The number of alkyl halides is 3. The zero-order chi connectivity index (χ0) is 16.6. The highest BCUT2D eigenvalue weighted by Crippen LogP contribution is 2.40. The van der Waals surface area contributed by atoms with Crippen molar-refractivity contribution < 1.29 is 13.2 Å². The monoisotopic (exact) mass is 316 g/mol. The lowest BCUT2D eigenvalue weighted by Crippen LogP contribution is -2.28. The lowest BCUT2D eigenvalue weighted by Gasteiger charge is -2.25. The highest BCUT2D eigenvalue weighted by Gasteiger charge is 2.34. The molecule has 118 valence electrons. The Kier molecular flexibility index (Phi) is 3.74. The van der Waals surface area contributed by atoms with E-state index < -0.39 is 11.7 Å². The Morgan fingerprint density at radius 2 is 1.52 bits per heavy atom. The van der Waals surface area contributed by atoms with E-state index in [1.807, 2.05) is 43.3 Å². The SMILES string of the molecule is Cc1ccc2ccccc2c1N(N)c1ccccc1C(F)(F)F. The van der Waals surface area contributed by atoms with Crippen molar-refractivity contribution in [2.45, 2.75) is 13.1 Å². The Balaban J connectivity index is 2.23. The normalized spacial score (nSPS) is 11.7. The molecule has 0 aromatic heterocycles. The molecule has 2 N–H and O–H groups in total. The summed E-state index contributed by atoms with van der Waals surface area (Å²) >= 11 is 0. The second-order valence-electron chi connectivity index (χ2n) is 5.34. The Bertz CT molecular complexity index is 856. The van der Waals surface area contributed by atoms with Crippen LogP contribution in [0.25, 0.3) is 10.8 Å². The highest BCUT2D eigenvalue weighted by atomic mass is 19.4. The molecule has 0 aliphatic heterocycles. The summed E-state index contributed by atoms with van der Waals surface area (Å²) in [7, 11) is 0. The number of hydrogen-bond donors (Lipinski definition) is 1. The van der Waals surface area contributed by atoms with E-state index in [-0.39, 0.29) is 5.69 Å². The van der Waals surface area contributed by atoms with Crippen molar-refractivity contribution in [3.8, 4) is 0 Å². The molecule has 3 aromatic rings. The average molecular weight is 316 g/mol. The van der Waals surface area contributed by atoms with Crippen LogP contribution in [0.4, 0.5) is 24.5 Å². The predicted molar refractivity (Wildman–Crippen MR) is 86.5 cm³/mol. The van der Waals surface area contributed by atoms with E-state index in [0.717, 1.165) is 27.4 Å². The smallest absolute Gasteiger partial charge is 0.278 e. The van der Waals surface area contributed by atoms with Crippen LogP contribution in [-0.2, 0) is 6.18 Å². The number of nitrogens with two attached hydrogens (primary N) is 1. The maximum Gasteiger partial charge on any atom is 0.418 e. The molecule has 0 aliphatic rings. The first-order valence-electron chi connectivity index (χ1n) is 7.09. The van der Waals surface area contributed by atoms with Gasteiger partial charge < -0.3 is 0 Å². The minimum atomic E-state index is -4.47. The minimum absolute atomic E-state index is 0.0700. The summed E-state index contributed by atoms with van der Waals surface area (Å²) in [4.78, 5) is 0. The Labute approximate surface area is 131 Å². The molecule has 2 nitrogen and oxygen atoms in total. The van der Waals surface area contributed by atoms with Crippen LogP contribution < -0.4 is 10.9 Å². The molecule has 0 spiro atoms. The fraction of sp³-hybridized carbons (Fsp3) is 0.111. The van der Waals surface area contributed by atoms with Gasteiger partial charge in [0.05, 0.1) is 16.9 Å². The maximum atomic E-state index is 13.3. The lowest BCUT2D eigenvalue weighted by molar-refractivity contribution is -0.137. The molecule has 0 fully saturated rings. The van der Waals surface area contributed by atoms with Crippen molar-refractivity contribution >= 4 is 22.1 Å². The number of fused-ring (bicyclic) bond motifs is 1. The van der Waals surface area contributed by atoms with Gasteiger partial charge in [-0.3, -0.25) is 5.01 Å². The predicted octanol–water partition coefficient (Wildman–Crippen LogP) is 5.18. The second kappa shape index (κ2) is 5.59. The molecule has 5 heteroatoms. The molecular weight excluding hydrogens is 301 g/mol. The summed E-state index contributed by atoms with van der Waals surface area (Å²) in [5, 5.41) is 2.86. The molecule has 0 atom stereocenters. The van der Waals surface area contributed by atoms with Crippen LogP contribution in [0.15, 0.2) is 60.7 Å². The summed E-state index contributed by atoms with van der Waals surface area (Å²) in [5.74, 6) is 6.11. The topological polar surface area (TPSA) is 29.3 Å². The molecule has 0 bridgehead atoms. The fourth-order valence-electron chi connectivity index (χ4n) is 2.73. The van der Waals surface area contributed by atoms with Gasteiger partial charge in [-0.1, -0.05) is 48.5 Å². The summed E-state index contributed by atoms with van der Waals surface area (Å²) in [6.45, 7) is 1.83. The van der Waals surface area contributed by atoms with E-state index in [1.54, 1.807) is 6.07 Å². The van der Waals surface area contributed by atoms with E-state index >= 15 is 0 Å². The van der Waals surface area contributed by atoms with E-state index in [9.17, 15) is 13.2 Å². The van der Waals surface area contributed by atoms with Crippen LogP contribution in [-0.4, -0.2) is 0 Å². The number of hydrazine groups is 1. The number of aryl methyl sites for hydroxylation is 1. The lowest BCUT2D eigenvalue weighted by atomic mass is 10.0. The maximum absolute atomic E-state index is 13.3. The molecule has 0 radical (unpaired) electrons. The van der Waals surface area contributed by atoms with Crippen molar-refractivity contribution in [3.63, 3.8) is 0 Å². The first-order valence-corrected chi connectivity index (χ1v) is 7.09. The van der Waals surface area contributed by atoms with Crippen molar-refractivity contribution in [3.05, 3.63) is 71.8 Å². The molecule has 3 aromatic carbocycles. The Hall–Kier alpha value is -2.53. The largest absolute Gasteiger partial charge is 0.418 e. The van der Waals surface area contributed by atoms with Crippen LogP contribution in [0.1, 0.15) is 11.1 Å². The molecule has 0 aliphatic carbocycles. The van der Waals surface area contributed by atoms with Gasteiger partial charge in [-0.2, -0.15) is 13.2 Å². The van der Waals surface area contributed by atoms with Gasteiger partial charge in [0, 0.05) is 5.39 Å². The summed E-state index contributed by atoms with van der Waals surface area (Å²) in [6, 6.07) is 16.6. The van der Waals surface area contributed by atoms with E-state index in [0.29, 0.717) is 5.69 Å². The Morgan fingerprint density at radius 3 is 2.26 bits per heavy atom. The Morgan fingerprint density at radius 1 is 0.870 bits per heavy atom. The van der Waals surface area contributed by atoms with Gasteiger partial charge in [-0.25, -0.2) is 5.84 Å². The molecule has 0 unspecified atom stereocenters. The summed E-state index contributed by atoms with van der Waals surface area (Å²) < 4.78 is 39.8. The van der Waals surface area contributed by atoms with Crippen LogP contribution in [0.3, 0.4) is 0 Å². The van der Waals surface area contributed by atoms with Crippen LogP contribution in [0, 0.1) is 6.92 Å². The molecule has 0 saturated carbocycles. The fourth-order valence-corrected chi connectivity index (χ4v) is 2.73. The summed E-state index contributed by atoms with van der Waals surface area (Å²) in [5.41, 5.74) is 0.553. The van der Waals surface area contributed by atoms with Crippen molar-refractivity contribution in [2.75, 3.05) is 5.01 Å². The standard InChI is InChI=1S/C18H15F3N2/c1-12-10-11-13-6-2-3-7-14(13)17(12)23(22)16-9-5-4-8-15(16)18(19,20)21/h2-11H,22H2,1H3. The number of para-hydroxylation sites is 1. The van der Waals surface area contributed by atoms with Gasteiger partial charge in [0.2, 0.25) is 0 Å². The molecule has 0 amide bonds. The average Bonchev–Trinajstić information content (AvgIpc) is 2.53. The minimum Gasteiger partial charge on any atom is -0.278 e. The first-order chi connectivity index (χ1) is 10.9. The third-order valence-corrected chi connectivity index (χ3v) is 3.81. The zero-order valence-corrected chi connectivity index (χ0v) is 12.4. The van der Waals surface area contributed by atoms with E-state index in [2.05, 4.69) is 0 Å². The molecule has 23 heavy (non-hydrogen) atoms. The van der Waals surface area contributed by atoms with Gasteiger partial charge in [-0.15, -0.1) is 0 Å². The van der Waals surface area contributed by atoms with Crippen LogP contribution >= 0.6 is 0 Å². The molecule has 3 rings (SSSR count). The van der Waals surface area contributed by atoms with Gasteiger partial charge in [0.15, 0.2) is 0 Å². The van der Waals surface area contributed by atoms with Crippen molar-refractivity contribution in [2.24, 2.45) is 5.84 Å². The van der Waals surface area contributed by atoms with Gasteiger partial charge in [0.1, 0.15) is 0 Å². The zero-order valence-electron chi connectivity index (χ0n) is 12.4. The third-order valence-electron chi connectivity index (χ3n) is 3.81. The van der Waals surface area contributed by atoms with E-state index in [4.69, 9.17) is 5.84 Å². The van der Waals surface area contributed by atoms with Crippen LogP contribution in [0.5, 0.6) is 0 Å². The number of benzene rings is 3. The highest BCUT2D eigenvalue weighted by molar-refractivity contribution is 5.97. The van der Waals surface area contributed by atoms with Crippen molar-refractivity contribution in [1.82, 2.24) is 0 Å². The number of halogens is 3. The van der Waals surface area contributed by atoms with E-state index in [1.165, 1.54) is 12.1 Å². The molecule has 0 heterocycles. The number of hydrogen-bond acceptors (Lipinski definition) is 2. The quantitative estimate of drug-likeness (QED) is 0.521. The van der Waals surface area contributed by atoms with Gasteiger partial charge in [0.25, 0.3) is 0 Å². The molecular formula is C18H15F3N2. The number of nitrogens with zero attached hydrogens (tertiary/aromatic N) is 1. The number of rotatable bonds is 2. The van der Waals surface area contributed by atoms with Crippen LogP contribution in [0.2, 0.25) is 0 Å². The third kappa shape index (κ3) is 2.75. The summed E-state index contributed by atoms with van der Waals surface area (Å²) in [6.07, 6.45) is -4.47. The van der Waals surface area contributed by atoms with Gasteiger partial charge in [-0.05, 0) is 30.0 Å². The second-order valence-corrected chi connectivity index (χ2v) is 5.34. The van der Waals surface area contributed by atoms with Gasteiger partial charge >= 0.3 is 6.18 Å². The first kappa shape index (κ1) is 15.4.